The van der Waals surface area contributed by atoms with Crippen molar-refractivity contribution in [2.45, 2.75) is 17.5 Å². The maximum atomic E-state index is 14.6. The van der Waals surface area contributed by atoms with E-state index < -0.39 is 56.2 Å². The molecular formula is C23H17ClF5N3O4S. The van der Waals surface area contributed by atoms with Crippen LogP contribution in [0.25, 0.3) is 22.0 Å². The zero-order chi connectivity index (χ0) is 27.3. The van der Waals surface area contributed by atoms with Crippen LogP contribution in [0.3, 0.4) is 0 Å². The van der Waals surface area contributed by atoms with E-state index in [1.807, 2.05) is 4.98 Å². The molecule has 0 radical (unpaired) electrons. The number of alkyl halides is 3. The highest BCUT2D eigenvalue weighted by atomic mass is 35.5. The number of nitrogens with one attached hydrogen (secondary N) is 3. The molecule has 0 amide bonds. The summed E-state index contributed by atoms with van der Waals surface area (Å²) < 4.78 is 69.8. The normalized spacial score (nSPS) is 11.3. The number of aromatic nitrogens is 3. The van der Waals surface area contributed by atoms with Gasteiger partial charge in [0.2, 0.25) is 0 Å². The van der Waals surface area contributed by atoms with Crippen LogP contribution in [0.2, 0.25) is 5.02 Å². The van der Waals surface area contributed by atoms with E-state index in [9.17, 15) is 36.3 Å². The Kier molecular flexibility index (Phi) is 8.94. The monoisotopic (exact) mass is 561 g/mol. The lowest BCUT2D eigenvalue weighted by molar-refractivity contribution is -0.137. The minimum Gasteiger partial charge on any atom is -0.396 e. The van der Waals surface area contributed by atoms with Gasteiger partial charge in [-0.25, -0.2) is 13.6 Å². The van der Waals surface area contributed by atoms with Crippen LogP contribution in [-0.2, 0) is 6.18 Å². The second-order valence-electron chi connectivity index (χ2n) is 7.36. The molecule has 7 nitrogen and oxygen atoms in total. The molecule has 4 rings (SSSR count). The Balaban J connectivity index is 0.000000468. The number of aromatic amines is 3. The molecule has 0 aliphatic carbocycles. The lowest BCUT2D eigenvalue weighted by Gasteiger charge is -2.20. The van der Waals surface area contributed by atoms with Gasteiger partial charge in [0.05, 0.1) is 21.5 Å². The fourth-order valence-electron chi connectivity index (χ4n) is 3.24. The van der Waals surface area contributed by atoms with Crippen LogP contribution < -0.4 is 16.7 Å². The Hall–Kier alpha value is -3.42. The Morgan fingerprint density at radius 1 is 0.973 bits per heavy atom. The van der Waals surface area contributed by atoms with Crippen LogP contribution >= 0.6 is 23.4 Å². The summed E-state index contributed by atoms with van der Waals surface area (Å²) in [7, 11) is 0. The number of thioether (sulfide) groups is 1. The third-order valence-corrected chi connectivity index (χ3v) is 6.29. The van der Waals surface area contributed by atoms with Gasteiger partial charge >= 0.3 is 11.9 Å². The SMILES string of the molecule is O=c1[nH]c(=O)c2cc(C(F)(F)F)c(-c3cc(Cl)c(F)cc3F)c(SCCCO)c2[nH]1.O=c1cc[nH]cc1. The van der Waals surface area contributed by atoms with Gasteiger partial charge in [0.1, 0.15) is 11.6 Å². The number of H-pyrrole nitrogens is 3. The number of aliphatic hydroxyl groups is 1. The van der Waals surface area contributed by atoms with Crippen LogP contribution in [0.1, 0.15) is 12.0 Å². The van der Waals surface area contributed by atoms with Gasteiger partial charge in [-0.1, -0.05) is 11.6 Å². The predicted molar refractivity (Wildman–Crippen MR) is 130 cm³/mol. The van der Waals surface area contributed by atoms with Gasteiger partial charge in [0.15, 0.2) is 5.43 Å². The Bertz CT molecular complexity index is 1580. The lowest BCUT2D eigenvalue weighted by atomic mass is 9.96. The van der Waals surface area contributed by atoms with Crippen molar-refractivity contribution in [3.05, 3.63) is 96.0 Å². The summed E-state index contributed by atoms with van der Waals surface area (Å²) in [5, 5.41) is 7.93. The van der Waals surface area contributed by atoms with Gasteiger partial charge in [-0.15, -0.1) is 11.8 Å². The molecule has 0 saturated carbocycles. The molecule has 0 saturated heterocycles. The highest BCUT2D eigenvalue weighted by Gasteiger charge is 2.37. The van der Waals surface area contributed by atoms with E-state index in [1.54, 1.807) is 12.4 Å². The first-order chi connectivity index (χ1) is 17.4. The maximum absolute atomic E-state index is 14.6. The molecule has 14 heteroatoms. The molecule has 0 unspecified atom stereocenters. The number of halogens is 6. The zero-order valence-corrected chi connectivity index (χ0v) is 20.1. The van der Waals surface area contributed by atoms with Crippen LogP contribution in [0, 0.1) is 11.6 Å². The van der Waals surface area contributed by atoms with Crippen LogP contribution in [0.5, 0.6) is 0 Å². The Labute approximate surface area is 213 Å². The maximum Gasteiger partial charge on any atom is 0.417 e. The van der Waals surface area contributed by atoms with Gasteiger partial charge in [-0.3, -0.25) is 14.6 Å². The average Bonchev–Trinajstić information content (AvgIpc) is 2.82. The summed E-state index contributed by atoms with van der Waals surface area (Å²) in [6, 6.07) is 4.50. The Morgan fingerprint density at radius 3 is 2.22 bits per heavy atom. The van der Waals surface area contributed by atoms with Crippen molar-refractivity contribution in [1.29, 1.82) is 0 Å². The number of pyridine rings is 1. The van der Waals surface area contributed by atoms with E-state index in [0.29, 0.717) is 18.2 Å². The van der Waals surface area contributed by atoms with E-state index in [0.717, 1.165) is 11.8 Å². The number of aliphatic hydroxyl groups excluding tert-OH is 1. The number of fused-ring (bicyclic) bond motifs is 1. The molecule has 0 fully saturated rings. The summed E-state index contributed by atoms with van der Waals surface area (Å²) >= 11 is 6.45. The van der Waals surface area contributed by atoms with Crippen LogP contribution in [-0.4, -0.2) is 32.4 Å². The molecule has 2 heterocycles. The van der Waals surface area contributed by atoms with E-state index in [4.69, 9.17) is 16.7 Å². The first kappa shape index (κ1) is 28.2. The van der Waals surface area contributed by atoms with Crippen molar-refractivity contribution in [2.75, 3.05) is 12.4 Å². The molecule has 37 heavy (non-hydrogen) atoms. The number of hydrogen-bond acceptors (Lipinski definition) is 5. The van der Waals surface area contributed by atoms with Crippen molar-refractivity contribution in [3.63, 3.8) is 0 Å². The van der Waals surface area contributed by atoms with Crippen LogP contribution in [0.15, 0.2) is 62.0 Å². The summed E-state index contributed by atoms with van der Waals surface area (Å²) in [4.78, 5) is 40.7. The van der Waals surface area contributed by atoms with E-state index >= 15 is 0 Å². The number of hydrogen-bond donors (Lipinski definition) is 4. The summed E-state index contributed by atoms with van der Waals surface area (Å²) in [6.45, 7) is -0.271. The molecule has 4 N–H and O–H groups in total. The third-order valence-electron chi connectivity index (χ3n) is 4.81. The summed E-state index contributed by atoms with van der Waals surface area (Å²) in [5.74, 6) is -2.38. The molecule has 2 aromatic carbocycles. The number of benzene rings is 2. The average molecular weight is 562 g/mol. The highest BCUT2D eigenvalue weighted by Crippen LogP contribution is 2.46. The smallest absolute Gasteiger partial charge is 0.396 e. The summed E-state index contributed by atoms with van der Waals surface area (Å²) in [5.41, 5.74) is -4.94. The number of rotatable bonds is 5. The molecule has 2 aromatic heterocycles. The van der Waals surface area contributed by atoms with E-state index in [1.165, 1.54) is 12.1 Å². The van der Waals surface area contributed by atoms with Gasteiger partial charge in [-0.2, -0.15) is 13.2 Å². The van der Waals surface area contributed by atoms with E-state index in [-0.39, 0.29) is 34.6 Å². The lowest BCUT2D eigenvalue weighted by Crippen LogP contribution is -2.23. The fraction of sp³-hybridized carbons (Fsp3) is 0.174. The van der Waals surface area contributed by atoms with E-state index in [2.05, 4.69) is 9.97 Å². The molecule has 4 aromatic rings. The standard InChI is InChI=1S/C18H12ClF5N2O3S.C5H5NO/c19-10-5-7(11(20)6-12(10)21)13-9(18(22,23)24)4-8-14(15(13)30-3-1-2-27)25-17(29)26-16(8)28;7-5-1-3-6-4-2-5/h4-6,27H,1-3H2,(H2,25,26,28,29);1-4H,(H,6,7). The molecule has 0 spiro atoms. The molecule has 0 aliphatic rings. The second-order valence-corrected chi connectivity index (χ2v) is 8.88. The molecular weight excluding hydrogens is 545 g/mol. The topological polar surface area (TPSA) is 119 Å². The van der Waals surface area contributed by atoms with Crippen molar-refractivity contribution in [3.8, 4) is 11.1 Å². The molecule has 0 atom stereocenters. The summed E-state index contributed by atoms with van der Waals surface area (Å²) in [6.07, 6.45) is -1.65. The van der Waals surface area contributed by atoms with Crippen LogP contribution in [0.4, 0.5) is 22.0 Å². The zero-order valence-electron chi connectivity index (χ0n) is 18.5. The Morgan fingerprint density at radius 2 is 1.65 bits per heavy atom. The van der Waals surface area contributed by atoms with Gasteiger partial charge in [-0.05, 0) is 18.6 Å². The minimum atomic E-state index is -5.02. The highest BCUT2D eigenvalue weighted by molar-refractivity contribution is 7.99. The fourth-order valence-corrected chi connectivity index (χ4v) is 4.55. The van der Waals surface area contributed by atoms with Gasteiger partial charge in [0, 0.05) is 59.0 Å². The van der Waals surface area contributed by atoms with Crippen molar-refractivity contribution < 1.29 is 27.1 Å². The van der Waals surface area contributed by atoms with Crippen molar-refractivity contribution in [2.24, 2.45) is 0 Å². The first-order valence-electron chi connectivity index (χ1n) is 10.4. The van der Waals surface area contributed by atoms with Gasteiger partial charge < -0.3 is 15.1 Å². The van der Waals surface area contributed by atoms with Gasteiger partial charge in [0.25, 0.3) is 5.56 Å². The second kappa shape index (κ2) is 11.8. The van der Waals surface area contributed by atoms with Crippen molar-refractivity contribution in [1.82, 2.24) is 15.0 Å². The third kappa shape index (κ3) is 6.67. The largest absolute Gasteiger partial charge is 0.417 e. The first-order valence-corrected chi connectivity index (χ1v) is 11.7. The molecule has 196 valence electrons. The minimum absolute atomic E-state index is 0.0405. The molecule has 0 aliphatic heterocycles. The predicted octanol–water partition coefficient (Wildman–Crippen LogP) is 4.68. The quantitative estimate of drug-likeness (QED) is 0.122. The molecule has 0 bridgehead atoms. The van der Waals surface area contributed by atoms with Crippen molar-refractivity contribution >= 4 is 34.3 Å².